The van der Waals surface area contributed by atoms with Crippen LogP contribution >= 0.6 is 0 Å². The van der Waals surface area contributed by atoms with Gasteiger partial charge in [0, 0.05) is 12.7 Å². The number of aromatic nitrogens is 2. The Kier molecular flexibility index (Phi) is 3.85. The van der Waals surface area contributed by atoms with E-state index < -0.39 is 10.0 Å². The molecule has 1 aromatic heterocycles. The number of amides is 1. The van der Waals surface area contributed by atoms with Crippen LogP contribution in [0.15, 0.2) is 12.4 Å². The summed E-state index contributed by atoms with van der Waals surface area (Å²) in [6.07, 6.45) is 2.91. The van der Waals surface area contributed by atoms with Gasteiger partial charge in [-0.1, -0.05) is 0 Å². The Morgan fingerprint density at radius 2 is 2.25 bits per heavy atom. The molecule has 90 valence electrons. The number of nitrogen functional groups attached to an aromatic ring is 1. The molecular formula is C7H13N5O3S. The number of carbonyl (C=O) groups is 1. The summed E-state index contributed by atoms with van der Waals surface area (Å²) in [4.78, 5) is 11.3. The van der Waals surface area contributed by atoms with Crippen LogP contribution in [0.5, 0.6) is 0 Å². The standard InChI is InChI=1S/C7H13N5O3S/c8-6-3-11-12(4-6)5-7(13)10-1-2-16(9,14)15/h3-4H,1-2,5,8H2,(H,10,13)(H2,9,14,15). The molecule has 0 saturated carbocycles. The van der Waals surface area contributed by atoms with Gasteiger partial charge in [-0.15, -0.1) is 0 Å². The van der Waals surface area contributed by atoms with Crippen LogP contribution in [0.3, 0.4) is 0 Å². The Morgan fingerprint density at radius 3 is 2.75 bits per heavy atom. The molecule has 9 heteroatoms. The topological polar surface area (TPSA) is 133 Å². The number of sulfonamides is 1. The van der Waals surface area contributed by atoms with Gasteiger partial charge < -0.3 is 11.1 Å². The van der Waals surface area contributed by atoms with Gasteiger partial charge >= 0.3 is 0 Å². The Bertz CT molecular complexity index is 466. The number of nitrogens with one attached hydrogen (secondary N) is 1. The molecular weight excluding hydrogens is 234 g/mol. The molecule has 0 radical (unpaired) electrons. The van der Waals surface area contributed by atoms with E-state index in [4.69, 9.17) is 10.9 Å². The van der Waals surface area contributed by atoms with Crippen molar-refractivity contribution in [1.29, 1.82) is 0 Å². The van der Waals surface area contributed by atoms with E-state index in [1.54, 1.807) is 0 Å². The van der Waals surface area contributed by atoms with Crippen molar-refractivity contribution in [3.63, 3.8) is 0 Å². The lowest BCUT2D eigenvalue weighted by molar-refractivity contribution is -0.121. The number of primary sulfonamides is 1. The van der Waals surface area contributed by atoms with Crippen LogP contribution in [0.4, 0.5) is 5.69 Å². The van der Waals surface area contributed by atoms with Gasteiger partial charge in [0.25, 0.3) is 0 Å². The van der Waals surface area contributed by atoms with Gasteiger partial charge in [-0.05, 0) is 0 Å². The molecule has 0 fully saturated rings. The number of nitrogens with zero attached hydrogens (tertiary/aromatic N) is 2. The van der Waals surface area contributed by atoms with Crippen molar-refractivity contribution in [1.82, 2.24) is 15.1 Å². The highest BCUT2D eigenvalue weighted by Crippen LogP contribution is 1.96. The van der Waals surface area contributed by atoms with E-state index in [2.05, 4.69) is 10.4 Å². The van der Waals surface area contributed by atoms with Crippen LogP contribution in [0.1, 0.15) is 0 Å². The second kappa shape index (κ2) is 4.94. The Morgan fingerprint density at radius 1 is 1.56 bits per heavy atom. The van der Waals surface area contributed by atoms with Gasteiger partial charge in [0.1, 0.15) is 6.54 Å². The van der Waals surface area contributed by atoms with Crippen molar-refractivity contribution in [2.45, 2.75) is 6.54 Å². The van der Waals surface area contributed by atoms with Crippen molar-refractivity contribution < 1.29 is 13.2 Å². The Balaban J connectivity index is 2.32. The molecule has 1 heterocycles. The van der Waals surface area contributed by atoms with E-state index >= 15 is 0 Å². The number of carbonyl (C=O) groups excluding carboxylic acids is 1. The first-order chi connectivity index (χ1) is 7.37. The average Bonchev–Trinajstić information content (AvgIpc) is 2.48. The van der Waals surface area contributed by atoms with Crippen molar-refractivity contribution in [2.75, 3.05) is 18.0 Å². The Hall–Kier alpha value is -1.61. The predicted molar refractivity (Wildman–Crippen MR) is 57.6 cm³/mol. The van der Waals surface area contributed by atoms with Crippen LogP contribution in [0.2, 0.25) is 0 Å². The normalized spacial score (nSPS) is 11.3. The molecule has 16 heavy (non-hydrogen) atoms. The predicted octanol–water partition coefficient (Wildman–Crippen LogP) is -2.13. The Labute approximate surface area is 92.7 Å². The first kappa shape index (κ1) is 12.5. The number of hydrogen-bond donors (Lipinski definition) is 3. The van der Waals surface area contributed by atoms with Crippen molar-refractivity contribution >= 4 is 21.6 Å². The molecule has 0 unspecified atom stereocenters. The SMILES string of the molecule is Nc1cnn(CC(=O)NCCS(N)(=O)=O)c1. The lowest BCUT2D eigenvalue weighted by Gasteiger charge is -2.03. The van der Waals surface area contributed by atoms with Gasteiger partial charge in [0.15, 0.2) is 0 Å². The zero-order valence-corrected chi connectivity index (χ0v) is 9.27. The number of rotatable bonds is 5. The van der Waals surface area contributed by atoms with Gasteiger partial charge in [-0.25, -0.2) is 13.6 Å². The highest BCUT2D eigenvalue weighted by atomic mass is 32.2. The van der Waals surface area contributed by atoms with E-state index in [1.807, 2.05) is 0 Å². The number of hydrogen-bond acceptors (Lipinski definition) is 5. The third-order valence-corrected chi connectivity index (χ3v) is 2.44. The highest BCUT2D eigenvalue weighted by molar-refractivity contribution is 7.89. The molecule has 0 bridgehead atoms. The van der Waals surface area contributed by atoms with Crippen LogP contribution in [0, 0.1) is 0 Å². The fraction of sp³-hybridized carbons (Fsp3) is 0.429. The third kappa shape index (κ3) is 4.75. The summed E-state index contributed by atoms with van der Waals surface area (Å²) in [5.41, 5.74) is 5.86. The zero-order valence-electron chi connectivity index (χ0n) is 8.46. The fourth-order valence-electron chi connectivity index (χ4n) is 1.00. The smallest absolute Gasteiger partial charge is 0.241 e. The minimum Gasteiger partial charge on any atom is -0.396 e. The van der Waals surface area contributed by atoms with Crippen LogP contribution in [0.25, 0.3) is 0 Å². The summed E-state index contributed by atoms with van der Waals surface area (Å²) in [7, 11) is -3.55. The molecule has 0 aliphatic carbocycles. The lowest BCUT2D eigenvalue weighted by atomic mass is 10.5. The summed E-state index contributed by atoms with van der Waals surface area (Å²) < 4.78 is 22.5. The molecule has 1 amide bonds. The monoisotopic (exact) mass is 247 g/mol. The number of nitrogens with two attached hydrogens (primary N) is 2. The van der Waals surface area contributed by atoms with Crippen LogP contribution in [-0.4, -0.2) is 36.4 Å². The summed E-state index contributed by atoms with van der Waals surface area (Å²) in [5, 5.41) is 11.0. The van der Waals surface area contributed by atoms with Crippen molar-refractivity contribution in [3.05, 3.63) is 12.4 Å². The van der Waals surface area contributed by atoms with E-state index in [-0.39, 0.29) is 24.7 Å². The molecule has 5 N–H and O–H groups in total. The molecule has 8 nitrogen and oxygen atoms in total. The van der Waals surface area contributed by atoms with E-state index in [1.165, 1.54) is 17.1 Å². The molecule has 0 aliphatic heterocycles. The summed E-state index contributed by atoms with van der Waals surface area (Å²) in [6.45, 7) is -0.0315. The van der Waals surface area contributed by atoms with Crippen LogP contribution in [-0.2, 0) is 21.4 Å². The highest BCUT2D eigenvalue weighted by Gasteiger charge is 2.06. The average molecular weight is 247 g/mol. The fourth-order valence-corrected chi connectivity index (χ4v) is 1.39. The van der Waals surface area contributed by atoms with E-state index in [0.717, 1.165) is 0 Å². The van der Waals surface area contributed by atoms with Crippen LogP contribution < -0.4 is 16.2 Å². The molecule has 0 spiro atoms. The maximum Gasteiger partial charge on any atom is 0.241 e. The van der Waals surface area contributed by atoms with E-state index in [9.17, 15) is 13.2 Å². The molecule has 0 aromatic carbocycles. The minimum absolute atomic E-state index is 0.0121. The molecule has 0 atom stereocenters. The maximum atomic E-state index is 11.3. The van der Waals surface area contributed by atoms with Gasteiger partial charge in [0.2, 0.25) is 15.9 Å². The lowest BCUT2D eigenvalue weighted by Crippen LogP contribution is -2.33. The molecule has 1 aromatic rings. The quantitative estimate of drug-likeness (QED) is 0.546. The molecule has 1 rings (SSSR count). The summed E-state index contributed by atoms with van der Waals surface area (Å²) in [6, 6.07) is 0. The van der Waals surface area contributed by atoms with Gasteiger partial charge in [0.05, 0.1) is 17.6 Å². The maximum absolute atomic E-state index is 11.3. The molecule has 0 saturated heterocycles. The van der Waals surface area contributed by atoms with Gasteiger partial charge in [-0.3, -0.25) is 9.48 Å². The van der Waals surface area contributed by atoms with Crippen molar-refractivity contribution in [2.24, 2.45) is 5.14 Å². The first-order valence-corrected chi connectivity index (χ1v) is 6.13. The summed E-state index contributed by atoms with van der Waals surface area (Å²) >= 11 is 0. The molecule has 0 aliphatic rings. The largest absolute Gasteiger partial charge is 0.396 e. The zero-order chi connectivity index (χ0) is 12.2. The second-order valence-corrected chi connectivity index (χ2v) is 4.92. The van der Waals surface area contributed by atoms with Crippen molar-refractivity contribution in [3.8, 4) is 0 Å². The third-order valence-electron chi connectivity index (χ3n) is 1.67. The minimum atomic E-state index is -3.55. The number of anilines is 1. The first-order valence-electron chi connectivity index (χ1n) is 4.42. The summed E-state index contributed by atoms with van der Waals surface area (Å²) in [5.74, 6) is -0.647. The van der Waals surface area contributed by atoms with E-state index in [0.29, 0.717) is 5.69 Å². The second-order valence-electron chi connectivity index (χ2n) is 3.19. The van der Waals surface area contributed by atoms with Gasteiger partial charge in [-0.2, -0.15) is 5.10 Å².